The molecule has 2 aromatic carbocycles. The summed E-state index contributed by atoms with van der Waals surface area (Å²) in [6, 6.07) is 15.9. The van der Waals surface area contributed by atoms with E-state index in [1.165, 1.54) is 17.3 Å². The van der Waals surface area contributed by atoms with Crippen LogP contribution < -0.4 is 5.32 Å². The molecule has 0 aliphatic carbocycles. The van der Waals surface area contributed by atoms with Crippen LogP contribution in [0.2, 0.25) is 5.02 Å². The number of halogens is 1. The molecular formula is C21H22ClN3O2S. The maximum absolute atomic E-state index is 12.3. The lowest BCUT2D eigenvalue weighted by molar-refractivity contribution is -0.119. The zero-order valence-electron chi connectivity index (χ0n) is 15.4. The normalized spacial score (nSPS) is 16.5. The largest absolute Gasteiger partial charge is 0.376 e. The van der Waals surface area contributed by atoms with Crippen molar-refractivity contribution in [3.05, 3.63) is 59.1 Å². The number of carbonyl (C=O) groups excluding carboxylic acids is 1. The fourth-order valence-electron chi connectivity index (χ4n) is 3.32. The maximum atomic E-state index is 12.3. The third kappa shape index (κ3) is 4.69. The molecule has 7 heteroatoms. The van der Waals surface area contributed by atoms with Crippen molar-refractivity contribution >= 4 is 40.3 Å². The summed E-state index contributed by atoms with van der Waals surface area (Å²) in [4.78, 5) is 17.0. The number of aromatic nitrogens is 2. The Hall–Kier alpha value is -2.02. The van der Waals surface area contributed by atoms with Gasteiger partial charge in [-0.15, -0.1) is 0 Å². The van der Waals surface area contributed by atoms with Crippen LogP contribution in [0.1, 0.15) is 18.4 Å². The quantitative estimate of drug-likeness (QED) is 0.589. The summed E-state index contributed by atoms with van der Waals surface area (Å²) in [7, 11) is 0. The van der Waals surface area contributed by atoms with Gasteiger partial charge in [0.15, 0.2) is 5.16 Å². The Balaban J connectivity index is 1.48. The van der Waals surface area contributed by atoms with Crippen LogP contribution in [0, 0.1) is 0 Å². The summed E-state index contributed by atoms with van der Waals surface area (Å²) in [5.41, 5.74) is 3.03. The lowest BCUT2D eigenvalue weighted by Crippen LogP contribution is -2.32. The molecule has 28 heavy (non-hydrogen) atoms. The summed E-state index contributed by atoms with van der Waals surface area (Å²) in [5.74, 6) is 0.315. The SMILES string of the molecule is O=C(CSc1nc2cc(Cl)ccc2n1Cc1ccccc1)NC[C@@H]1CCCO1. The lowest BCUT2D eigenvalue weighted by Gasteiger charge is -2.11. The Bertz CT molecular complexity index is 955. The van der Waals surface area contributed by atoms with Crippen molar-refractivity contribution in [3.63, 3.8) is 0 Å². The lowest BCUT2D eigenvalue weighted by atomic mass is 10.2. The van der Waals surface area contributed by atoms with Gasteiger partial charge in [-0.3, -0.25) is 4.79 Å². The van der Waals surface area contributed by atoms with Crippen LogP contribution in [0.5, 0.6) is 0 Å². The molecule has 1 aliphatic rings. The Kier molecular flexibility index (Phi) is 6.20. The van der Waals surface area contributed by atoms with Gasteiger partial charge in [-0.25, -0.2) is 4.98 Å². The van der Waals surface area contributed by atoms with Crippen LogP contribution in [0.4, 0.5) is 0 Å². The predicted octanol–water partition coefficient (Wildman–Crippen LogP) is 4.13. The fourth-order valence-corrected chi connectivity index (χ4v) is 4.33. The van der Waals surface area contributed by atoms with Gasteiger partial charge in [-0.2, -0.15) is 0 Å². The van der Waals surface area contributed by atoms with Crippen LogP contribution in [0.3, 0.4) is 0 Å². The molecule has 0 radical (unpaired) electrons. The summed E-state index contributed by atoms with van der Waals surface area (Å²) < 4.78 is 7.69. The third-order valence-electron chi connectivity index (χ3n) is 4.74. The van der Waals surface area contributed by atoms with Gasteiger partial charge in [0.2, 0.25) is 5.91 Å². The van der Waals surface area contributed by atoms with Gasteiger partial charge in [-0.1, -0.05) is 53.7 Å². The van der Waals surface area contributed by atoms with Crippen LogP contribution in [0.15, 0.2) is 53.7 Å². The average molecular weight is 416 g/mol. The van der Waals surface area contributed by atoms with Gasteiger partial charge >= 0.3 is 0 Å². The molecule has 1 aromatic heterocycles. The standard InChI is InChI=1S/C21H22ClN3O2S/c22-16-8-9-19-18(11-16)24-21(25(19)13-15-5-2-1-3-6-15)28-14-20(26)23-12-17-7-4-10-27-17/h1-3,5-6,8-9,11,17H,4,7,10,12-14H2,(H,23,26)/t17-/m0/s1. The van der Waals surface area contributed by atoms with Gasteiger partial charge in [0.25, 0.3) is 0 Å². The van der Waals surface area contributed by atoms with Crippen molar-refractivity contribution < 1.29 is 9.53 Å². The van der Waals surface area contributed by atoms with E-state index in [1.807, 2.05) is 36.4 Å². The zero-order valence-corrected chi connectivity index (χ0v) is 17.0. The molecule has 1 atom stereocenters. The number of carbonyl (C=O) groups is 1. The highest BCUT2D eigenvalue weighted by Gasteiger charge is 2.17. The van der Waals surface area contributed by atoms with E-state index in [4.69, 9.17) is 21.3 Å². The highest BCUT2D eigenvalue weighted by atomic mass is 35.5. The molecule has 1 N–H and O–H groups in total. The van der Waals surface area contributed by atoms with E-state index < -0.39 is 0 Å². The fraction of sp³-hybridized carbons (Fsp3) is 0.333. The molecule has 3 aromatic rings. The molecule has 5 nitrogen and oxygen atoms in total. The Morgan fingerprint density at radius 2 is 2.14 bits per heavy atom. The minimum Gasteiger partial charge on any atom is -0.376 e. The topological polar surface area (TPSA) is 56.2 Å². The Morgan fingerprint density at radius 3 is 2.93 bits per heavy atom. The number of fused-ring (bicyclic) bond motifs is 1. The summed E-state index contributed by atoms with van der Waals surface area (Å²) in [6.07, 6.45) is 2.24. The predicted molar refractivity (Wildman–Crippen MR) is 113 cm³/mol. The smallest absolute Gasteiger partial charge is 0.230 e. The van der Waals surface area contributed by atoms with Crippen molar-refractivity contribution in [2.45, 2.75) is 30.6 Å². The zero-order chi connectivity index (χ0) is 19.3. The summed E-state index contributed by atoms with van der Waals surface area (Å²) in [6.45, 7) is 2.07. The van der Waals surface area contributed by atoms with Gasteiger partial charge in [0.05, 0.1) is 29.4 Å². The van der Waals surface area contributed by atoms with E-state index in [0.29, 0.717) is 23.9 Å². The van der Waals surface area contributed by atoms with E-state index >= 15 is 0 Å². The van der Waals surface area contributed by atoms with Crippen LogP contribution in [-0.4, -0.2) is 40.5 Å². The molecule has 0 unspecified atom stereocenters. The number of rotatable bonds is 7. The van der Waals surface area contributed by atoms with Gasteiger partial charge < -0.3 is 14.6 Å². The highest BCUT2D eigenvalue weighted by Crippen LogP contribution is 2.27. The number of nitrogens with zero attached hydrogens (tertiary/aromatic N) is 2. The molecule has 1 amide bonds. The second-order valence-corrected chi connectivity index (χ2v) is 8.21. The molecule has 1 aliphatic heterocycles. The van der Waals surface area contributed by atoms with E-state index in [0.717, 1.165) is 35.6 Å². The molecule has 0 bridgehead atoms. The van der Waals surface area contributed by atoms with Crippen LogP contribution in [-0.2, 0) is 16.1 Å². The first-order valence-corrected chi connectivity index (χ1v) is 10.8. The van der Waals surface area contributed by atoms with E-state index in [-0.39, 0.29) is 12.0 Å². The van der Waals surface area contributed by atoms with Crippen molar-refractivity contribution in [1.82, 2.24) is 14.9 Å². The summed E-state index contributed by atoms with van der Waals surface area (Å²) in [5, 5.41) is 4.43. The minimum absolute atomic E-state index is 0.00292. The van der Waals surface area contributed by atoms with Crippen molar-refractivity contribution in [1.29, 1.82) is 0 Å². The van der Waals surface area contributed by atoms with Crippen LogP contribution in [0.25, 0.3) is 11.0 Å². The summed E-state index contributed by atoms with van der Waals surface area (Å²) >= 11 is 7.58. The second-order valence-electron chi connectivity index (χ2n) is 6.83. The number of imidazole rings is 1. The maximum Gasteiger partial charge on any atom is 0.230 e. The number of benzene rings is 2. The number of hydrogen-bond donors (Lipinski definition) is 1. The first-order chi connectivity index (χ1) is 13.7. The number of nitrogens with one attached hydrogen (secondary N) is 1. The average Bonchev–Trinajstić information content (AvgIpc) is 3.33. The van der Waals surface area contributed by atoms with Crippen molar-refractivity contribution in [3.8, 4) is 0 Å². The molecule has 146 valence electrons. The molecule has 0 saturated carbocycles. The van der Waals surface area contributed by atoms with Gasteiger partial charge in [-0.05, 0) is 36.6 Å². The molecule has 4 rings (SSSR count). The molecule has 2 heterocycles. The van der Waals surface area contributed by atoms with Crippen molar-refractivity contribution in [2.75, 3.05) is 18.9 Å². The Labute approximate surface area is 173 Å². The molecule has 1 fully saturated rings. The Morgan fingerprint density at radius 1 is 1.29 bits per heavy atom. The molecule has 0 spiro atoms. The number of hydrogen-bond acceptors (Lipinski definition) is 4. The van der Waals surface area contributed by atoms with Crippen LogP contribution >= 0.6 is 23.4 Å². The first kappa shape index (κ1) is 19.3. The van der Waals surface area contributed by atoms with E-state index in [2.05, 4.69) is 22.0 Å². The van der Waals surface area contributed by atoms with Gasteiger partial charge in [0.1, 0.15) is 0 Å². The molecule has 1 saturated heterocycles. The monoisotopic (exact) mass is 415 g/mol. The van der Waals surface area contributed by atoms with E-state index in [1.54, 1.807) is 0 Å². The minimum atomic E-state index is -0.00292. The number of amides is 1. The van der Waals surface area contributed by atoms with Gasteiger partial charge in [0, 0.05) is 18.2 Å². The first-order valence-electron chi connectivity index (χ1n) is 9.40. The second kappa shape index (κ2) is 8.99. The number of thioether (sulfide) groups is 1. The number of ether oxygens (including phenoxy) is 1. The highest BCUT2D eigenvalue weighted by molar-refractivity contribution is 7.99. The van der Waals surface area contributed by atoms with Crippen molar-refractivity contribution in [2.24, 2.45) is 0 Å². The van der Waals surface area contributed by atoms with E-state index in [9.17, 15) is 4.79 Å². The third-order valence-corrected chi connectivity index (χ3v) is 5.95. The molecular weight excluding hydrogens is 394 g/mol.